The van der Waals surface area contributed by atoms with Gasteiger partial charge < -0.3 is 9.52 Å². The Hall–Kier alpha value is -2.48. The molecule has 2 heteroatoms. The molecule has 0 radical (unpaired) electrons. The van der Waals surface area contributed by atoms with Crippen LogP contribution in [0.3, 0.4) is 0 Å². The fourth-order valence-electron chi connectivity index (χ4n) is 2.77. The maximum Gasteiger partial charge on any atom is 0.119 e. The molecular weight excluding hydrogens is 272 g/mol. The molecule has 3 rings (SSSR count). The molecule has 112 valence electrons. The van der Waals surface area contributed by atoms with E-state index in [4.69, 9.17) is 4.42 Å². The van der Waals surface area contributed by atoms with E-state index in [2.05, 4.69) is 31.2 Å². The van der Waals surface area contributed by atoms with Crippen molar-refractivity contribution in [2.24, 2.45) is 0 Å². The molecule has 0 aliphatic rings. The minimum Gasteiger partial charge on any atom is -0.508 e. The lowest BCUT2D eigenvalue weighted by atomic mass is 9.87. The Labute approximate surface area is 131 Å². The summed E-state index contributed by atoms with van der Waals surface area (Å²) < 4.78 is 5.87. The third-order valence-electron chi connectivity index (χ3n) is 3.95. The van der Waals surface area contributed by atoms with Crippen molar-refractivity contribution >= 4 is 0 Å². The van der Waals surface area contributed by atoms with E-state index in [-0.39, 0.29) is 5.92 Å². The molecule has 3 aromatic rings. The van der Waals surface area contributed by atoms with E-state index >= 15 is 0 Å². The standard InChI is InChI=1S/C20H20O2/c1-13-4-8-16(9-5-13)20(19-11-7-15(3)22-19)17-12-14(2)6-10-18(17)21/h4-12,20-21H,1-3H3. The first kappa shape index (κ1) is 14.5. The average Bonchev–Trinajstić information content (AvgIpc) is 2.91. The first-order valence-electron chi connectivity index (χ1n) is 7.47. The number of hydrogen-bond acceptors (Lipinski definition) is 2. The van der Waals surface area contributed by atoms with E-state index in [0.29, 0.717) is 5.75 Å². The summed E-state index contributed by atoms with van der Waals surface area (Å²) in [5.74, 6) is 1.92. The van der Waals surface area contributed by atoms with Crippen LogP contribution in [-0.2, 0) is 0 Å². The topological polar surface area (TPSA) is 33.4 Å². The molecule has 0 aliphatic carbocycles. The molecule has 22 heavy (non-hydrogen) atoms. The van der Waals surface area contributed by atoms with Gasteiger partial charge in [0.15, 0.2) is 0 Å². The van der Waals surface area contributed by atoms with Crippen LogP contribution >= 0.6 is 0 Å². The summed E-state index contributed by atoms with van der Waals surface area (Å²) in [6.07, 6.45) is 0. The third-order valence-corrected chi connectivity index (χ3v) is 3.95. The second-order valence-electron chi connectivity index (χ2n) is 5.85. The molecule has 1 atom stereocenters. The van der Waals surface area contributed by atoms with Gasteiger partial charge in [-0.3, -0.25) is 0 Å². The van der Waals surface area contributed by atoms with Crippen LogP contribution in [0.1, 0.15) is 39.7 Å². The maximum atomic E-state index is 10.3. The Morgan fingerprint density at radius 2 is 1.50 bits per heavy atom. The van der Waals surface area contributed by atoms with Crippen LogP contribution < -0.4 is 0 Å². The van der Waals surface area contributed by atoms with Crippen molar-refractivity contribution in [2.75, 3.05) is 0 Å². The molecule has 0 saturated carbocycles. The Balaban J connectivity index is 2.18. The predicted molar refractivity (Wildman–Crippen MR) is 88.4 cm³/mol. The summed E-state index contributed by atoms with van der Waals surface area (Å²) >= 11 is 0. The normalized spacial score (nSPS) is 12.3. The second kappa shape index (κ2) is 5.72. The lowest BCUT2D eigenvalue weighted by Gasteiger charge is -2.18. The summed E-state index contributed by atoms with van der Waals surface area (Å²) in [6.45, 7) is 6.04. The molecule has 2 nitrogen and oxygen atoms in total. The number of phenols is 1. The van der Waals surface area contributed by atoms with E-state index in [1.807, 2.05) is 38.1 Å². The smallest absolute Gasteiger partial charge is 0.119 e. The number of aryl methyl sites for hydroxylation is 3. The zero-order valence-electron chi connectivity index (χ0n) is 13.1. The molecule has 0 spiro atoms. The molecule has 1 unspecified atom stereocenters. The summed E-state index contributed by atoms with van der Waals surface area (Å²) in [5.41, 5.74) is 4.32. The lowest BCUT2D eigenvalue weighted by molar-refractivity contribution is 0.450. The monoisotopic (exact) mass is 292 g/mol. The van der Waals surface area contributed by atoms with E-state index in [1.165, 1.54) is 5.56 Å². The second-order valence-corrected chi connectivity index (χ2v) is 5.85. The first-order valence-corrected chi connectivity index (χ1v) is 7.47. The van der Waals surface area contributed by atoms with Crippen molar-refractivity contribution in [1.29, 1.82) is 0 Å². The van der Waals surface area contributed by atoms with Crippen LogP contribution in [-0.4, -0.2) is 5.11 Å². The summed E-state index contributed by atoms with van der Waals surface area (Å²) in [6, 6.07) is 18.0. The molecule has 1 N–H and O–H groups in total. The van der Waals surface area contributed by atoms with Gasteiger partial charge in [-0.2, -0.15) is 0 Å². The Kier molecular flexibility index (Phi) is 3.76. The van der Waals surface area contributed by atoms with Crippen molar-refractivity contribution in [2.45, 2.75) is 26.7 Å². The molecule has 0 saturated heterocycles. The van der Waals surface area contributed by atoms with Crippen molar-refractivity contribution < 1.29 is 9.52 Å². The van der Waals surface area contributed by atoms with Gasteiger partial charge in [-0.25, -0.2) is 0 Å². The van der Waals surface area contributed by atoms with Crippen molar-refractivity contribution in [3.63, 3.8) is 0 Å². The average molecular weight is 292 g/mol. The molecular formula is C20H20O2. The summed E-state index contributed by atoms with van der Waals surface area (Å²) in [5, 5.41) is 10.3. The van der Waals surface area contributed by atoms with Gasteiger partial charge in [-0.15, -0.1) is 0 Å². The van der Waals surface area contributed by atoms with Crippen molar-refractivity contribution in [1.82, 2.24) is 0 Å². The zero-order valence-corrected chi connectivity index (χ0v) is 13.1. The van der Waals surface area contributed by atoms with Gasteiger partial charge in [0, 0.05) is 5.56 Å². The van der Waals surface area contributed by atoms with E-state index < -0.39 is 0 Å². The SMILES string of the molecule is Cc1ccc(C(c2ccc(C)o2)c2cc(C)ccc2O)cc1. The van der Waals surface area contributed by atoms with Crippen molar-refractivity contribution in [3.05, 3.63) is 88.4 Å². The highest BCUT2D eigenvalue weighted by Gasteiger charge is 2.23. The van der Waals surface area contributed by atoms with Gasteiger partial charge in [0.2, 0.25) is 0 Å². The quantitative estimate of drug-likeness (QED) is 0.729. The van der Waals surface area contributed by atoms with Crippen LogP contribution in [0.2, 0.25) is 0 Å². The summed E-state index contributed by atoms with van der Waals surface area (Å²) in [4.78, 5) is 0. The Bertz CT molecular complexity index is 782. The van der Waals surface area contributed by atoms with E-state index in [9.17, 15) is 5.11 Å². The number of benzene rings is 2. The van der Waals surface area contributed by atoms with Crippen LogP contribution in [0.15, 0.2) is 59.0 Å². The zero-order chi connectivity index (χ0) is 15.7. The number of aromatic hydroxyl groups is 1. The van der Waals surface area contributed by atoms with Crippen molar-refractivity contribution in [3.8, 4) is 5.75 Å². The van der Waals surface area contributed by atoms with E-state index in [1.54, 1.807) is 6.07 Å². The molecule has 1 aromatic heterocycles. The number of hydrogen-bond donors (Lipinski definition) is 1. The highest BCUT2D eigenvalue weighted by atomic mass is 16.3. The van der Waals surface area contributed by atoms with Gasteiger partial charge in [0.05, 0.1) is 5.92 Å². The fourth-order valence-corrected chi connectivity index (χ4v) is 2.77. The number of furan rings is 1. The molecule has 0 aliphatic heterocycles. The van der Waals surface area contributed by atoms with Gasteiger partial charge in [-0.05, 0) is 44.5 Å². The van der Waals surface area contributed by atoms with Crippen LogP contribution in [0.5, 0.6) is 5.75 Å². The highest BCUT2D eigenvalue weighted by Crippen LogP contribution is 2.38. The maximum absolute atomic E-state index is 10.3. The molecule has 0 fully saturated rings. The van der Waals surface area contributed by atoms with Gasteiger partial charge in [-0.1, -0.05) is 47.5 Å². The number of phenolic OH excluding ortho intramolecular Hbond substituents is 1. The largest absolute Gasteiger partial charge is 0.508 e. The van der Waals surface area contributed by atoms with Crippen LogP contribution in [0.4, 0.5) is 0 Å². The van der Waals surface area contributed by atoms with Crippen LogP contribution in [0.25, 0.3) is 0 Å². The Morgan fingerprint density at radius 3 is 2.14 bits per heavy atom. The Morgan fingerprint density at radius 1 is 0.818 bits per heavy atom. The molecule has 0 bridgehead atoms. The molecule has 0 amide bonds. The fraction of sp³-hybridized carbons (Fsp3) is 0.200. The van der Waals surface area contributed by atoms with E-state index in [0.717, 1.165) is 28.2 Å². The molecule has 1 heterocycles. The molecule has 2 aromatic carbocycles. The van der Waals surface area contributed by atoms with Gasteiger partial charge in [0.25, 0.3) is 0 Å². The van der Waals surface area contributed by atoms with Gasteiger partial charge >= 0.3 is 0 Å². The number of rotatable bonds is 3. The lowest BCUT2D eigenvalue weighted by Crippen LogP contribution is -2.03. The minimum atomic E-state index is -0.103. The highest BCUT2D eigenvalue weighted by molar-refractivity contribution is 5.48. The minimum absolute atomic E-state index is 0.103. The van der Waals surface area contributed by atoms with Gasteiger partial charge in [0.1, 0.15) is 17.3 Å². The summed E-state index contributed by atoms with van der Waals surface area (Å²) in [7, 11) is 0. The first-order chi connectivity index (χ1) is 10.5. The predicted octanol–water partition coefficient (Wildman–Crippen LogP) is 5.09. The third kappa shape index (κ3) is 2.77. The van der Waals surface area contributed by atoms with Crippen LogP contribution in [0, 0.1) is 20.8 Å².